The van der Waals surface area contributed by atoms with E-state index in [0.29, 0.717) is 30.5 Å². The second kappa shape index (κ2) is 10.7. The lowest BCUT2D eigenvalue weighted by Gasteiger charge is -2.30. The molecule has 3 heterocycles. The van der Waals surface area contributed by atoms with Crippen molar-refractivity contribution in [2.75, 3.05) is 18.9 Å². The Morgan fingerprint density at radius 1 is 1.08 bits per heavy atom. The Morgan fingerprint density at radius 2 is 1.90 bits per heavy atom. The van der Waals surface area contributed by atoms with Gasteiger partial charge >= 0.3 is 0 Å². The molecular weight excluding hydrogens is 497 g/mol. The minimum absolute atomic E-state index is 0.168. The van der Waals surface area contributed by atoms with Crippen molar-refractivity contribution in [3.05, 3.63) is 72.4 Å². The van der Waals surface area contributed by atoms with E-state index >= 15 is 0 Å². The molecule has 0 saturated heterocycles. The first-order chi connectivity index (χ1) is 19.0. The van der Waals surface area contributed by atoms with E-state index in [4.69, 9.17) is 15.9 Å². The highest BCUT2D eigenvalue weighted by Gasteiger charge is 2.27. The standard InChI is InChI=1S/C29H32FN7O2/c30-24-4-2-1-3-20(24)15-36-12-11-18-13-19(5-10-25(18)36)27-26-28(31)33-17-34-29(26)37(35-27)22-8-6-21(7-9-22)32-14-23(39)16-38/h1-5,10-13,17,21-23,32,38-39H,6-9,14-16H2,(H2,31,33,34)/t21-,22-,23-/m1/s1. The van der Waals surface area contributed by atoms with Crippen molar-refractivity contribution in [1.29, 1.82) is 0 Å². The number of nitrogen functional groups attached to an aromatic ring is 1. The lowest BCUT2D eigenvalue weighted by Crippen LogP contribution is -2.39. The molecule has 1 aliphatic rings. The van der Waals surface area contributed by atoms with Crippen LogP contribution in [-0.4, -0.2) is 59.8 Å². The molecule has 0 spiro atoms. The van der Waals surface area contributed by atoms with Crippen molar-refractivity contribution in [2.24, 2.45) is 0 Å². The van der Waals surface area contributed by atoms with Crippen molar-refractivity contribution >= 4 is 27.8 Å². The lowest BCUT2D eigenvalue weighted by molar-refractivity contribution is 0.0895. The SMILES string of the molecule is Nc1ncnc2c1c(-c1ccc3c(ccn3Cc3ccccc3F)c1)nn2[C@H]1CC[C@H](NC[C@@H](O)CO)CC1. The number of halogens is 1. The third-order valence-electron chi connectivity index (χ3n) is 7.76. The average Bonchev–Trinajstić information content (AvgIpc) is 3.55. The predicted octanol–water partition coefficient (Wildman–Crippen LogP) is 3.64. The number of fused-ring (bicyclic) bond motifs is 2. The van der Waals surface area contributed by atoms with E-state index in [0.717, 1.165) is 58.9 Å². The number of nitrogens with zero attached hydrogens (tertiary/aromatic N) is 5. The Kier molecular flexibility index (Phi) is 6.99. The molecule has 0 radical (unpaired) electrons. The fourth-order valence-corrected chi connectivity index (χ4v) is 5.64. The van der Waals surface area contributed by atoms with E-state index in [1.807, 2.05) is 39.7 Å². The molecule has 6 rings (SSSR count). The molecule has 10 heteroatoms. The number of nitrogens with one attached hydrogen (secondary N) is 1. The number of anilines is 1. The van der Waals surface area contributed by atoms with E-state index in [1.54, 1.807) is 12.1 Å². The zero-order valence-corrected chi connectivity index (χ0v) is 21.5. The maximum atomic E-state index is 14.2. The maximum absolute atomic E-state index is 14.2. The normalized spacial score (nSPS) is 18.6. The monoisotopic (exact) mass is 529 g/mol. The minimum atomic E-state index is -0.742. The van der Waals surface area contributed by atoms with Crippen molar-refractivity contribution in [3.63, 3.8) is 0 Å². The first kappa shape index (κ1) is 25.4. The summed E-state index contributed by atoms with van der Waals surface area (Å²) in [6.45, 7) is 0.590. The maximum Gasteiger partial charge on any atom is 0.164 e. The van der Waals surface area contributed by atoms with E-state index in [9.17, 15) is 9.50 Å². The summed E-state index contributed by atoms with van der Waals surface area (Å²) < 4.78 is 18.3. The summed E-state index contributed by atoms with van der Waals surface area (Å²) in [5.41, 5.74) is 10.4. The first-order valence-electron chi connectivity index (χ1n) is 13.4. The topological polar surface area (TPSA) is 127 Å². The van der Waals surface area contributed by atoms with Crippen LogP contribution in [0.15, 0.2) is 61.1 Å². The second-order valence-corrected chi connectivity index (χ2v) is 10.3. The Morgan fingerprint density at radius 3 is 2.69 bits per heavy atom. The van der Waals surface area contributed by atoms with Gasteiger partial charge in [0.05, 0.1) is 30.7 Å². The van der Waals surface area contributed by atoms with Gasteiger partial charge in [-0.1, -0.05) is 24.3 Å². The molecule has 9 nitrogen and oxygen atoms in total. The number of hydrogen-bond donors (Lipinski definition) is 4. The molecule has 0 unspecified atom stereocenters. The molecule has 5 aromatic rings. The third kappa shape index (κ3) is 4.98. The van der Waals surface area contributed by atoms with Gasteiger partial charge in [0.2, 0.25) is 0 Å². The second-order valence-electron chi connectivity index (χ2n) is 10.3. The molecule has 5 N–H and O–H groups in total. The largest absolute Gasteiger partial charge is 0.394 e. The van der Waals surface area contributed by atoms with Gasteiger partial charge < -0.3 is 25.8 Å². The summed E-state index contributed by atoms with van der Waals surface area (Å²) in [5, 5.41) is 28.9. The summed E-state index contributed by atoms with van der Waals surface area (Å²) in [6.07, 6.45) is 6.39. The Labute approximate surface area is 225 Å². The summed E-state index contributed by atoms with van der Waals surface area (Å²) in [4.78, 5) is 8.82. The summed E-state index contributed by atoms with van der Waals surface area (Å²) in [5.74, 6) is 0.183. The van der Waals surface area contributed by atoms with E-state index in [-0.39, 0.29) is 18.5 Å². The van der Waals surface area contributed by atoms with Gasteiger partial charge in [0.1, 0.15) is 23.7 Å². The summed E-state index contributed by atoms with van der Waals surface area (Å²) >= 11 is 0. The molecule has 1 atom stereocenters. The minimum Gasteiger partial charge on any atom is -0.394 e. The summed E-state index contributed by atoms with van der Waals surface area (Å²) in [6, 6.07) is 15.5. The fourth-order valence-electron chi connectivity index (χ4n) is 5.64. The number of nitrogens with two attached hydrogens (primary N) is 1. The molecule has 0 bridgehead atoms. The highest BCUT2D eigenvalue weighted by atomic mass is 19.1. The number of aliphatic hydroxyl groups is 2. The van der Waals surface area contributed by atoms with E-state index in [1.165, 1.54) is 12.4 Å². The van der Waals surface area contributed by atoms with Gasteiger partial charge in [-0.25, -0.2) is 19.0 Å². The molecular formula is C29H32FN7O2. The molecule has 202 valence electrons. The van der Waals surface area contributed by atoms with Crippen LogP contribution in [-0.2, 0) is 6.54 Å². The van der Waals surface area contributed by atoms with Gasteiger partial charge in [-0.15, -0.1) is 0 Å². The Hall–Kier alpha value is -3.86. The zero-order valence-electron chi connectivity index (χ0n) is 21.5. The molecule has 39 heavy (non-hydrogen) atoms. The molecule has 1 fully saturated rings. The Bertz CT molecular complexity index is 1610. The van der Waals surface area contributed by atoms with E-state index in [2.05, 4.69) is 21.4 Å². The first-order valence-corrected chi connectivity index (χ1v) is 13.4. The Balaban J connectivity index is 1.29. The zero-order chi connectivity index (χ0) is 26.9. The number of aromatic nitrogens is 5. The van der Waals surface area contributed by atoms with Crippen LogP contribution in [0.1, 0.15) is 37.3 Å². The molecule has 2 aromatic carbocycles. The van der Waals surface area contributed by atoms with Gasteiger partial charge in [0.15, 0.2) is 5.65 Å². The van der Waals surface area contributed by atoms with Crippen LogP contribution < -0.4 is 11.1 Å². The number of rotatable bonds is 8. The highest BCUT2D eigenvalue weighted by Crippen LogP contribution is 2.37. The predicted molar refractivity (Wildman–Crippen MR) is 149 cm³/mol. The van der Waals surface area contributed by atoms with Crippen LogP contribution in [0.4, 0.5) is 10.2 Å². The van der Waals surface area contributed by atoms with Crippen LogP contribution >= 0.6 is 0 Å². The number of aliphatic hydroxyl groups excluding tert-OH is 2. The fraction of sp³-hybridized carbons (Fsp3) is 0.345. The van der Waals surface area contributed by atoms with Crippen molar-refractivity contribution in [3.8, 4) is 11.3 Å². The molecule has 1 aliphatic carbocycles. The smallest absolute Gasteiger partial charge is 0.164 e. The quantitative estimate of drug-likeness (QED) is 0.242. The van der Waals surface area contributed by atoms with Crippen LogP contribution in [0.2, 0.25) is 0 Å². The molecule has 0 aliphatic heterocycles. The molecule has 3 aromatic heterocycles. The third-order valence-corrected chi connectivity index (χ3v) is 7.76. The summed E-state index contributed by atoms with van der Waals surface area (Å²) in [7, 11) is 0. The van der Waals surface area contributed by atoms with E-state index < -0.39 is 6.10 Å². The number of hydrogen-bond acceptors (Lipinski definition) is 7. The lowest BCUT2D eigenvalue weighted by atomic mass is 9.91. The van der Waals surface area contributed by atoms with Crippen LogP contribution in [0, 0.1) is 5.82 Å². The van der Waals surface area contributed by atoms with Crippen molar-refractivity contribution in [1.82, 2.24) is 29.6 Å². The highest BCUT2D eigenvalue weighted by molar-refractivity contribution is 6.00. The van der Waals surface area contributed by atoms with Gasteiger partial charge in [-0.3, -0.25) is 0 Å². The van der Waals surface area contributed by atoms with Gasteiger partial charge in [0, 0.05) is 40.8 Å². The van der Waals surface area contributed by atoms with Crippen LogP contribution in [0.5, 0.6) is 0 Å². The average molecular weight is 530 g/mol. The molecule has 1 saturated carbocycles. The number of benzene rings is 2. The molecule has 0 amide bonds. The van der Waals surface area contributed by atoms with Crippen molar-refractivity contribution in [2.45, 2.75) is 50.4 Å². The van der Waals surface area contributed by atoms with Gasteiger partial charge in [-0.2, -0.15) is 5.10 Å². The van der Waals surface area contributed by atoms with Crippen molar-refractivity contribution < 1.29 is 14.6 Å². The van der Waals surface area contributed by atoms with Gasteiger partial charge in [-0.05, 0) is 49.9 Å². The van der Waals surface area contributed by atoms with Gasteiger partial charge in [0.25, 0.3) is 0 Å². The van der Waals surface area contributed by atoms with Crippen LogP contribution in [0.3, 0.4) is 0 Å². The van der Waals surface area contributed by atoms with Crippen LogP contribution in [0.25, 0.3) is 33.2 Å².